The van der Waals surface area contributed by atoms with Gasteiger partial charge >= 0.3 is 5.97 Å². The Morgan fingerprint density at radius 1 is 1.25 bits per heavy atom. The van der Waals surface area contributed by atoms with Gasteiger partial charge in [0.1, 0.15) is 0 Å². The maximum atomic E-state index is 11.3. The van der Waals surface area contributed by atoms with Crippen molar-refractivity contribution in [3.63, 3.8) is 0 Å². The smallest absolute Gasteiger partial charge is 0.337 e. The lowest BCUT2D eigenvalue weighted by Crippen LogP contribution is -2.06. The molecule has 0 spiro atoms. The van der Waals surface area contributed by atoms with Crippen molar-refractivity contribution in [2.45, 2.75) is 31.7 Å². The van der Waals surface area contributed by atoms with Crippen molar-refractivity contribution in [3.05, 3.63) is 41.6 Å². The summed E-state index contributed by atoms with van der Waals surface area (Å²) in [4.78, 5) is 12.5. The molecule has 1 aromatic heterocycles. The van der Waals surface area contributed by atoms with E-state index in [0.29, 0.717) is 5.56 Å². The molecule has 0 aliphatic carbocycles. The van der Waals surface area contributed by atoms with Crippen LogP contribution in [-0.4, -0.2) is 21.9 Å². The number of aromatic carboxylic acids is 1. The van der Waals surface area contributed by atoms with Gasteiger partial charge in [0.25, 0.3) is 0 Å². The summed E-state index contributed by atoms with van der Waals surface area (Å²) in [6, 6.07) is 10.2. The van der Waals surface area contributed by atoms with E-state index in [4.69, 9.17) is 0 Å². The standard InChI is InChI=1S/C16H19NO2S/c1-10(2)17-11(3)14(16(18)19)9-15(17)12-5-7-13(20-4)8-6-12/h5-10H,1-4H3,(H,18,19). The number of hydrogen-bond donors (Lipinski definition) is 1. The van der Waals surface area contributed by atoms with Crippen molar-refractivity contribution in [3.8, 4) is 11.3 Å². The van der Waals surface area contributed by atoms with Gasteiger partial charge in [0.05, 0.1) is 5.56 Å². The molecule has 3 nitrogen and oxygen atoms in total. The topological polar surface area (TPSA) is 42.2 Å². The van der Waals surface area contributed by atoms with Crippen LogP contribution in [-0.2, 0) is 0 Å². The van der Waals surface area contributed by atoms with Crippen LogP contribution in [0.4, 0.5) is 0 Å². The molecule has 106 valence electrons. The Labute approximate surface area is 123 Å². The lowest BCUT2D eigenvalue weighted by molar-refractivity contribution is 0.0696. The first kappa shape index (κ1) is 14.7. The Kier molecular flexibility index (Phi) is 4.23. The zero-order valence-electron chi connectivity index (χ0n) is 12.2. The zero-order valence-corrected chi connectivity index (χ0v) is 13.0. The fraction of sp³-hybridized carbons (Fsp3) is 0.312. The minimum absolute atomic E-state index is 0.221. The number of nitrogens with zero attached hydrogens (tertiary/aromatic N) is 1. The SMILES string of the molecule is CSc1ccc(-c2cc(C(=O)O)c(C)n2C(C)C)cc1. The van der Waals surface area contributed by atoms with Crippen LogP contribution in [0.25, 0.3) is 11.3 Å². The molecule has 0 aliphatic heterocycles. The van der Waals surface area contributed by atoms with E-state index >= 15 is 0 Å². The van der Waals surface area contributed by atoms with Gasteiger partial charge in [-0.15, -0.1) is 11.8 Å². The maximum Gasteiger partial charge on any atom is 0.337 e. The van der Waals surface area contributed by atoms with E-state index in [2.05, 4.69) is 30.5 Å². The lowest BCUT2D eigenvalue weighted by atomic mass is 10.1. The molecule has 0 radical (unpaired) electrons. The molecule has 2 aromatic rings. The number of carboxylic acid groups (broad SMARTS) is 1. The minimum Gasteiger partial charge on any atom is -0.478 e. The van der Waals surface area contributed by atoms with E-state index in [1.54, 1.807) is 17.8 Å². The summed E-state index contributed by atoms with van der Waals surface area (Å²) in [7, 11) is 0. The second-order valence-corrected chi connectivity index (χ2v) is 5.91. The molecule has 4 heteroatoms. The average molecular weight is 289 g/mol. The average Bonchev–Trinajstić information content (AvgIpc) is 2.76. The Morgan fingerprint density at radius 2 is 1.85 bits per heavy atom. The Bertz CT molecular complexity index is 627. The summed E-state index contributed by atoms with van der Waals surface area (Å²) >= 11 is 1.70. The van der Waals surface area contributed by atoms with Gasteiger partial charge in [-0.1, -0.05) is 12.1 Å². The molecule has 1 heterocycles. The van der Waals surface area contributed by atoms with Crippen molar-refractivity contribution in [2.75, 3.05) is 6.26 Å². The highest BCUT2D eigenvalue weighted by Crippen LogP contribution is 2.30. The number of rotatable bonds is 4. The molecule has 0 unspecified atom stereocenters. The third-order valence-corrected chi connectivity index (χ3v) is 4.17. The van der Waals surface area contributed by atoms with E-state index in [9.17, 15) is 9.90 Å². The van der Waals surface area contributed by atoms with Crippen LogP contribution in [0.3, 0.4) is 0 Å². The summed E-state index contributed by atoms with van der Waals surface area (Å²) in [6.45, 7) is 6.00. The Balaban J connectivity index is 2.59. The molecular formula is C16H19NO2S. The molecule has 0 bridgehead atoms. The van der Waals surface area contributed by atoms with E-state index in [1.165, 1.54) is 4.90 Å². The quantitative estimate of drug-likeness (QED) is 0.845. The number of benzene rings is 1. The van der Waals surface area contributed by atoms with Gasteiger partial charge in [-0.2, -0.15) is 0 Å². The van der Waals surface area contributed by atoms with Gasteiger partial charge in [0.2, 0.25) is 0 Å². The van der Waals surface area contributed by atoms with Crippen LogP contribution >= 0.6 is 11.8 Å². The summed E-state index contributed by atoms with van der Waals surface area (Å²) < 4.78 is 2.08. The van der Waals surface area contributed by atoms with Crippen LogP contribution in [0, 0.1) is 6.92 Å². The summed E-state index contributed by atoms with van der Waals surface area (Å²) in [5, 5.41) is 9.30. The highest BCUT2D eigenvalue weighted by atomic mass is 32.2. The maximum absolute atomic E-state index is 11.3. The van der Waals surface area contributed by atoms with Gasteiger partial charge < -0.3 is 9.67 Å². The van der Waals surface area contributed by atoms with E-state index < -0.39 is 5.97 Å². The first-order valence-electron chi connectivity index (χ1n) is 6.55. The normalized spacial score (nSPS) is 11.1. The van der Waals surface area contributed by atoms with Gasteiger partial charge in [0, 0.05) is 22.3 Å². The molecule has 2 rings (SSSR count). The fourth-order valence-corrected chi connectivity index (χ4v) is 2.90. The zero-order chi connectivity index (χ0) is 14.9. The second-order valence-electron chi connectivity index (χ2n) is 5.03. The molecule has 0 saturated carbocycles. The number of thioether (sulfide) groups is 1. The van der Waals surface area contributed by atoms with Gasteiger partial charge in [-0.3, -0.25) is 0 Å². The van der Waals surface area contributed by atoms with Crippen molar-refractivity contribution in [2.24, 2.45) is 0 Å². The third-order valence-electron chi connectivity index (χ3n) is 3.42. The Hall–Kier alpha value is -1.68. The number of carboxylic acids is 1. The van der Waals surface area contributed by atoms with E-state index in [1.807, 2.05) is 25.3 Å². The molecule has 0 aliphatic rings. The number of hydrogen-bond acceptors (Lipinski definition) is 2. The summed E-state index contributed by atoms with van der Waals surface area (Å²) in [5.74, 6) is -0.871. The van der Waals surface area contributed by atoms with Gasteiger partial charge in [-0.05, 0) is 50.8 Å². The van der Waals surface area contributed by atoms with Crippen molar-refractivity contribution in [1.82, 2.24) is 4.57 Å². The molecule has 1 aromatic carbocycles. The molecule has 0 saturated heterocycles. The largest absolute Gasteiger partial charge is 0.478 e. The van der Waals surface area contributed by atoms with Crippen molar-refractivity contribution >= 4 is 17.7 Å². The first-order chi connectivity index (χ1) is 9.45. The predicted molar refractivity (Wildman–Crippen MR) is 83.7 cm³/mol. The first-order valence-corrected chi connectivity index (χ1v) is 7.77. The van der Waals surface area contributed by atoms with Gasteiger partial charge in [0.15, 0.2) is 0 Å². The van der Waals surface area contributed by atoms with Crippen LogP contribution in [0.2, 0.25) is 0 Å². The van der Waals surface area contributed by atoms with Crippen LogP contribution < -0.4 is 0 Å². The van der Waals surface area contributed by atoms with Crippen LogP contribution in [0.5, 0.6) is 0 Å². The summed E-state index contributed by atoms with van der Waals surface area (Å²) in [6.07, 6.45) is 2.04. The molecule has 1 N–H and O–H groups in total. The number of aromatic nitrogens is 1. The minimum atomic E-state index is -0.871. The van der Waals surface area contributed by atoms with E-state index in [-0.39, 0.29) is 6.04 Å². The molecule has 0 fully saturated rings. The number of carbonyl (C=O) groups is 1. The molecular weight excluding hydrogens is 270 g/mol. The highest BCUT2D eigenvalue weighted by Gasteiger charge is 2.19. The molecule has 0 amide bonds. The predicted octanol–water partition coefficient (Wildman–Crippen LogP) is 4.46. The van der Waals surface area contributed by atoms with Crippen LogP contribution in [0.15, 0.2) is 35.2 Å². The van der Waals surface area contributed by atoms with Crippen LogP contribution in [0.1, 0.15) is 35.9 Å². The molecule has 0 atom stereocenters. The Morgan fingerprint density at radius 3 is 2.30 bits per heavy atom. The molecule has 20 heavy (non-hydrogen) atoms. The monoisotopic (exact) mass is 289 g/mol. The van der Waals surface area contributed by atoms with Crippen molar-refractivity contribution < 1.29 is 9.90 Å². The van der Waals surface area contributed by atoms with E-state index in [0.717, 1.165) is 17.0 Å². The third kappa shape index (κ3) is 2.61. The van der Waals surface area contributed by atoms with Crippen molar-refractivity contribution in [1.29, 1.82) is 0 Å². The fourth-order valence-electron chi connectivity index (χ4n) is 2.49. The highest BCUT2D eigenvalue weighted by molar-refractivity contribution is 7.98. The van der Waals surface area contributed by atoms with Gasteiger partial charge in [-0.25, -0.2) is 4.79 Å². The lowest BCUT2D eigenvalue weighted by Gasteiger charge is -2.16. The summed E-state index contributed by atoms with van der Waals surface area (Å²) in [5.41, 5.74) is 3.19. The second kappa shape index (κ2) is 5.75.